The van der Waals surface area contributed by atoms with E-state index in [1.54, 1.807) is 13.3 Å². The standard InChI is InChI=1S/C29H42N3O5PS/c1-27(2,3)25-30-26(37-31-25)29-14-11-28(12-15-29,13-16-29)20-32(22-7-6-8-23(19-22)38(4,5)34)24(33)21-9-17-39(35,36)18-10-21/h6-8,19,21H,9-18,20H2,1-5H3. The zero-order chi connectivity index (χ0) is 28.3. The monoisotopic (exact) mass is 575 g/mol. The molecule has 0 unspecified atom stereocenters. The number of carbonyl (C=O) groups is 1. The summed E-state index contributed by atoms with van der Waals surface area (Å²) < 4.78 is 42.8. The number of hydrogen-bond acceptors (Lipinski definition) is 7. The fourth-order valence-electron chi connectivity index (χ4n) is 6.55. The maximum absolute atomic E-state index is 14.0. The Morgan fingerprint density at radius 1 is 1.08 bits per heavy atom. The number of hydrogen-bond donors (Lipinski definition) is 0. The van der Waals surface area contributed by atoms with Crippen LogP contribution < -0.4 is 10.2 Å². The summed E-state index contributed by atoms with van der Waals surface area (Å²) in [7, 11) is -5.59. The van der Waals surface area contributed by atoms with Crippen molar-refractivity contribution in [2.75, 3.05) is 36.3 Å². The second kappa shape index (κ2) is 9.83. The van der Waals surface area contributed by atoms with E-state index in [1.807, 2.05) is 29.2 Å². The molecule has 1 aromatic carbocycles. The van der Waals surface area contributed by atoms with E-state index in [0.717, 1.165) is 61.2 Å². The molecule has 2 heterocycles. The molecule has 1 amide bonds. The molecule has 0 spiro atoms. The number of rotatable bonds is 6. The molecule has 8 nitrogen and oxygen atoms in total. The Morgan fingerprint density at radius 3 is 2.23 bits per heavy atom. The first-order valence-electron chi connectivity index (χ1n) is 14.1. The van der Waals surface area contributed by atoms with Crippen molar-refractivity contribution in [3.8, 4) is 0 Å². The van der Waals surface area contributed by atoms with Gasteiger partial charge >= 0.3 is 0 Å². The number of benzene rings is 1. The van der Waals surface area contributed by atoms with Crippen LogP contribution in [0.2, 0.25) is 0 Å². The van der Waals surface area contributed by atoms with Crippen LogP contribution in [0.15, 0.2) is 28.8 Å². The van der Waals surface area contributed by atoms with Crippen molar-refractivity contribution in [3.05, 3.63) is 36.0 Å². The van der Waals surface area contributed by atoms with Gasteiger partial charge in [-0.1, -0.05) is 38.1 Å². The Hall–Kier alpha value is -1.99. The lowest BCUT2D eigenvalue weighted by Gasteiger charge is -2.53. The number of amides is 1. The molecule has 4 aliphatic rings. The van der Waals surface area contributed by atoms with Crippen molar-refractivity contribution in [2.24, 2.45) is 11.3 Å². The van der Waals surface area contributed by atoms with Gasteiger partial charge in [0.15, 0.2) is 5.82 Å². The van der Waals surface area contributed by atoms with E-state index < -0.39 is 17.0 Å². The Labute approximate surface area is 232 Å². The van der Waals surface area contributed by atoms with Crippen molar-refractivity contribution in [1.82, 2.24) is 10.1 Å². The third-order valence-corrected chi connectivity index (χ3v) is 12.6. The lowest BCUT2D eigenvalue weighted by atomic mass is 9.53. The molecule has 0 N–H and O–H groups in total. The summed E-state index contributed by atoms with van der Waals surface area (Å²) in [4.78, 5) is 20.7. The molecule has 0 radical (unpaired) electrons. The van der Waals surface area contributed by atoms with Crippen LogP contribution in [0.5, 0.6) is 0 Å². The Bertz CT molecular complexity index is 1370. The van der Waals surface area contributed by atoms with Crippen LogP contribution in [0.25, 0.3) is 0 Å². The highest BCUT2D eigenvalue weighted by molar-refractivity contribution is 7.91. The molecule has 3 aliphatic carbocycles. The highest BCUT2D eigenvalue weighted by atomic mass is 32.2. The predicted octanol–water partition coefficient (Wildman–Crippen LogP) is 5.07. The summed E-state index contributed by atoms with van der Waals surface area (Å²) in [5.41, 5.74) is 0.476. The Balaban J connectivity index is 1.40. The molecule has 1 saturated heterocycles. The van der Waals surface area contributed by atoms with Crippen LogP contribution in [0.1, 0.15) is 83.9 Å². The summed E-state index contributed by atoms with van der Waals surface area (Å²) in [6, 6.07) is 7.57. The van der Waals surface area contributed by atoms with Crippen molar-refractivity contribution < 1.29 is 22.3 Å². The first-order chi connectivity index (χ1) is 18.1. The molecular weight excluding hydrogens is 533 g/mol. The third kappa shape index (κ3) is 5.76. The number of fused-ring (bicyclic) bond motifs is 3. The highest BCUT2D eigenvalue weighted by Gasteiger charge is 2.53. The summed E-state index contributed by atoms with van der Waals surface area (Å²) >= 11 is 0. The molecular formula is C29H42N3O5PS. The van der Waals surface area contributed by atoms with E-state index in [0.29, 0.717) is 19.4 Å². The molecule has 1 aromatic heterocycles. The maximum Gasteiger partial charge on any atom is 0.232 e. The average molecular weight is 576 g/mol. The lowest BCUT2D eigenvalue weighted by molar-refractivity contribution is -0.123. The average Bonchev–Trinajstić information content (AvgIpc) is 3.40. The van der Waals surface area contributed by atoms with Crippen LogP contribution in [-0.4, -0.2) is 55.8 Å². The number of carbonyl (C=O) groups excluding carboxylic acids is 1. The Kier molecular flexibility index (Phi) is 7.19. The van der Waals surface area contributed by atoms with Crippen molar-refractivity contribution >= 4 is 33.9 Å². The van der Waals surface area contributed by atoms with Crippen LogP contribution in [-0.2, 0) is 30.0 Å². The number of anilines is 1. The SMILES string of the molecule is CC(C)(C)c1noc(C23CCC(CN(C(=O)C4CCS(=O)(=O)CC4)c4cccc(P(C)(C)=O)c4)(CC2)CC3)n1. The fourth-order valence-corrected chi connectivity index (χ4v) is 8.93. The van der Waals surface area contributed by atoms with Gasteiger partial charge in [0.2, 0.25) is 11.8 Å². The zero-order valence-corrected chi connectivity index (χ0v) is 25.6. The van der Waals surface area contributed by atoms with E-state index in [1.165, 1.54) is 0 Å². The van der Waals surface area contributed by atoms with Gasteiger partial charge in [-0.3, -0.25) is 4.79 Å². The predicted molar refractivity (Wildman–Crippen MR) is 154 cm³/mol. The largest absolute Gasteiger partial charge is 0.339 e. The molecule has 39 heavy (non-hydrogen) atoms. The summed E-state index contributed by atoms with van der Waals surface area (Å²) in [5.74, 6) is 1.29. The molecule has 2 bridgehead atoms. The van der Waals surface area contributed by atoms with E-state index in [4.69, 9.17) is 9.51 Å². The quantitative estimate of drug-likeness (QED) is 0.443. The summed E-state index contributed by atoms with van der Waals surface area (Å²) in [6.45, 7) is 10.3. The molecule has 4 fully saturated rings. The minimum atomic E-state index is -3.07. The molecule has 10 heteroatoms. The van der Waals surface area contributed by atoms with E-state index >= 15 is 0 Å². The number of nitrogens with zero attached hydrogens (tertiary/aromatic N) is 3. The van der Waals surface area contributed by atoms with Gasteiger partial charge in [-0.25, -0.2) is 8.42 Å². The van der Waals surface area contributed by atoms with Gasteiger partial charge in [-0.2, -0.15) is 4.98 Å². The van der Waals surface area contributed by atoms with Gasteiger partial charge in [0.25, 0.3) is 0 Å². The van der Waals surface area contributed by atoms with E-state index in [9.17, 15) is 17.8 Å². The third-order valence-electron chi connectivity index (χ3n) is 9.38. The number of sulfone groups is 1. The smallest absolute Gasteiger partial charge is 0.232 e. The van der Waals surface area contributed by atoms with Gasteiger partial charge in [-0.15, -0.1) is 0 Å². The second-order valence-electron chi connectivity index (χ2n) is 13.7. The Morgan fingerprint density at radius 2 is 1.69 bits per heavy atom. The maximum atomic E-state index is 14.0. The van der Waals surface area contributed by atoms with E-state index in [-0.39, 0.29) is 39.6 Å². The molecule has 2 aromatic rings. The minimum Gasteiger partial charge on any atom is -0.339 e. The van der Waals surface area contributed by atoms with Gasteiger partial charge < -0.3 is 14.0 Å². The van der Waals surface area contributed by atoms with Crippen LogP contribution in [0.4, 0.5) is 5.69 Å². The van der Waals surface area contributed by atoms with E-state index in [2.05, 4.69) is 25.9 Å². The first-order valence-corrected chi connectivity index (χ1v) is 18.6. The summed E-state index contributed by atoms with van der Waals surface area (Å²) in [5, 5.41) is 5.04. The second-order valence-corrected chi connectivity index (χ2v) is 19.2. The first kappa shape index (κ1) is 28.5. The van der Waals surface area contributed by atoms with Crippen molar-refractivity contribution in [1.29, 1.82) is 0 Å². The molecule has 6 rings (SSSR count). The normalized spacial score (nSPS) is 27.4. The molecule has 0 atom stereocenters. The van der Waals surface area contributed by atoms with Crippen LogP contribution >= 0.6 is 7.14 Å². The van der Waals surface area contributed by atoms with Gasteiger partial charge in [-0.05, 0) is 82.2 Å². The highest BCUT2D eigenvalue weighted by Crippen LogP contribution is 2.58. The molecule has 3 saturated carbocycles. The number of aromatic nitrogens is 2. The topological polar surface area (TPSA) is 110 Å². The lowest BCUT2D eigenvalue weighted by Crippen LogP contribution is -2.52. The molecule has 214 valence electrons. The van der Waals surface area contributed by atoms with Gasteiger partial charge in [0.1, 0.15) is 17.0 Å². The van der Waals surface area contributed by atoms with Crippen molar-refractivity contribution in [2.45, 2.75) is 83.0 Å². The zero-order valence-electron chi connectivity index (χ0n) is 23.9. The minimum absolute atomic E-state index is 0.00686. The van der Waals surface area contributed by atoms with Crippen LogP contribution in [0.3, 0.4) is 0 Å². The van der Waals surface area contributed by atoms with Gasteiger partial charge in [0, 0.05) is 34.3 Å². The summed E-state index contributed by atoms with van der Waals surface area (Å²) in [6.07, 6.45) is 6.45. The molecule has 1 aliphatic heterocycles. The van der Waals surface area contributed by atoms with Crippen LogP contribution in [0, 0.1) is 11.3 Å². The fraction of sp³-hybridized carbons (Fsp3) is 0.690. The van der Waals surface area contributed by atoms with Gasteiger partial charge in [0.05, 0.1) is 11.5 Å². The van der Waals surface area contributed by atoms with Crippen molar-refractivity contribution in [3.63, 3.8) is 0 Å².